The van der Waals surface area contributed by atoms with Crippen molar-refractivity contribution in [2.45, 2.75) is 19.4 Å². The number of aromatic nitrogens is 1. The molecule has 2 heterocycles. The highest BCUT2D eigenvalue weighted by Gasteiger charge is 2.18. The van der Waals surface area contributed by atoms with E-state index in [0.29, 0.717) is 5.92 Å². The number of fused-ring (bicyclic) bond motifs is 1. The van der Waals surface area contributed by atoms with Crippen LogP contribution in [0.25, 0.3) is 10.9 Å². The van der Waals surface area contributed by atoms with Gasteiger partial charge in [-0.2, -0.15) is 0 Å². The molecule has 0 atom stereocenters. The Labute approximate surface area is 160 Å². The van der Waals surface area contributed by atoms with Crippen LogP contribution in [0.5, 0.6) is 0 Å². The summed E-state index contributed by atoms with van der Waals surface area (Å²) < 4.78 is 2.03. The average molecular weight is 358 g/mol. The van der Waals surface area contributed by atoms with E-state index in [2.05, 4.69) is 47.4 Å². The number of piperidine rings is 1. The van der Waals surface area contributed by atoms with Crippen molar-refractivity contribution in [2.24, 2.45) is 13.0 Å². The fraction of sp³-hybridized carbons (Fsp3) is 0.292. The van der Waals surface area contributed by atoms with E-state index in [1.165, 1.54) is 5.56 Å². The Morgan fingerprint density at radius 3 is 2.52 bits per heavy atom. The van der Waals surface area contributed by atoms with Gasteiger partial charge in [-0.1, -0.05) is 54.6 Å². The highest BCUT2D eigenvalue weighted by Crippen LogP contribution is 2.23. The van der Waals surface area contributed by atoms with Gasteiger partial charge in [-0.15, -0.1) is 0 Å². The minimum Gasteiger partial charge on any atom is -0.350 e. The highest BCUT2D eigenvalue weighted by molar-refractivity contribution is 6.13. The minimum absolute atomic E-state index is 0.110. The second-order valence-electron chi connectivity index (χ2n) is 7.49. The second kappa shape index (κ2) is 7.93. The highest BCUT2D eigenvalue weighted by atomic mass is 16.1. The van der Waals surface area contributed by atoms with Crippen LogP contribution in [-0.2, 0) is 13.6 Å². The normalized spacial score (nSPS) is 16.3. The van der Waals surface area contributed by atoms with Gasteiger partial charge in [-0.25, -0.2) is 0 Å². The van der Waals surface area contributed by atoms with Crippen LogP contribution in [0.2, 0.25) is 0 Å². The van der Waals surface area contributed by atoms with Crippen LogP contribution >= 0.6 is 0 Å². The van der Waals surface area contributed by atoms with Crippen LogP contribution < -0.4 is 0 Å². The molecule has 0 bridgehead atoms. The Balaban J connectivity index is 1.36. The zero-order valence-corrected chi connectivity index (χ0v) is 15.8. The molecule has 3 heteroatoms. The Hall–Kier alpha value is -2.65. The SMILES string of the molecule is Cn1cc(C(=O)/C=C/C2CCN(Cc3ccccc3)CC2)c2ccccc21. The monoisotopic (exact) mass is 358 g/mol. The second-order valence-corrected chi connectivity index (χ2v) is 7.49. The van der Waals surface area contributed by atoms with E-state index in [-0.39, 0.29) is 5.78 Å². The zero-order valence-electron chi connectivity index (χ0n) is 15.8. The molecule has 1 saturated heterocycles. The number of likely N-dealkylation sites (tertiary alicyclic amines) is 1. The summed E-state index contributed by atoms with van der Waals surface area (Å²) >= 11 is 0. The van der Waals surface area contributed by atoms with E-state index < -0.39 is 0 Å². The summed E-state index contributed by atoms with van der Waals surface area (Å²) in [6.45, 7) is 3.20. The number of hydrogen-bond acceptors (Lipinski definition) is 2. The summed E-state index contributed by atoms with van der Waals surface area (Å²) in [5.74, 6) is 0.606. The summed E-state index contributed by atoms with van der Waals surface area (Å²) in [5, 5.41) is 1.03. The molecule has 1 aromatic heterocycles. The minimum atomic E-state index is 0.110. The first-order chi connectivity index (χ1) is 13.2. The van der Waals surface area contributed by atoms with E-state index in [9.17, 15) is 4.79 Å². The Morgan fingerprint density at radius 2 is 1.74 bits per heavy atom. The largest absolute Gasteiger partial charge is 0.350 e. The third-order valence-electron chi connectivity index (χ3n) is 5.56. The number of ketones is 1. The fourth-order valence-corrected chi connectivity index (χ4v) is 4.00. The standard InChI is InChI=1S/C24H26N2O/c1-25-18-22(21-9-5-6-10-23(21)25)24(27)12-11-19-13-15-26(16-14-19)17-20-7-3-2-4-8-20/h2-12,18-19H,13-17H2,1H3/b12-11+. The molecule has 0 N–H and O–H groups in total. The molecule has 3 aromatic rings. The predicted octanol–water partition coefficient (Wildman–Crippen LogP) is 4.83. The summed E-state index contributed by atoms with van der Waals surface area (Å²) in [6.07, 6.45) is 8.10. The van der Waals surface area contributed by atoms with Crippen molar-refractivity contribution in [1.82, 2.24) is 9.47 Å². The van der Waals surface area contributed by atoms with Gasteiger partial charge in [0.2, 0.25) is 0 Å². The molecule has 0 unspecified atom stereocenters. The molecule has 27 heavy (non-hydrogen) atoms. The van der Waals surface area contributed by atoms with Crippen molar-refractivity contribution in [3.63, 3.8) is 0 Å². The molecular weight excluding hydrogens is 332 g/mol. The molecule has 1 aliphatic rings. The van der Waals surface area contributed by atoms with Crippen LogP contribution in [-0.4, -0.2) is 28.3 Å². The molecule has 2 aromatic carbocycles. The smallest absolute Gasteiger partial charge is 0.187 e. The lowest BCUT2D eigenvalue weighted by Crippen LogP contribution is -2.32. The third-order valence-corrected chi connectivity index (χ3v) is 5.56. The van der Waals surface area contributed by atoms with Crippen LogP contribution in [0.15, 0.2) is 72.9 Å². The van der Waals surface area contributed by atoms with Gasteiger partial charge < -0.3 is 4.57 Å². The number of carbonyl (C=O) groups excluding carboxylic acids is 1. The summed E-state index contributed by atoms with van der Waals surface area (Å²) in [4.78, 5) is 15.2. The quantitative estimate of drug-likeness (QED) is 0.482. The van der Waals surface area contributed by atoms with Crippen LogP contribution in [0.1, 0.15) is 28.8 Å². The zero-order chi connectivity index (χ0) is 18.6. The molecular formula is C24H26N2O. The van der Waals surface area contributed by atoms with Crippen molar-refractivity contribution >= 4 is 16.7 Å². The number of nitrogens with zero attached hydrogens (tertiary/aromatic N) is 2. The molecule has 3 nitrogen and oxygen atoms in total. The summed E-state index contributed by atoms with van der Waals surface area (Å²) in [6, 6.07) is 18.7. The maximum atomic E-state index is 12.7. The van der Waals surface area contributed by atoms with E-state index in [1.807, 2.05) is 36.0 Å². The third kappa shape index (κ3) is 4.04. The predicted molar refractivity (Wildman–Crippen MR) is 111 cm³/mol. The molecule has 4 rings (SSSR count). The maximum Gasteiger partial charge on any atom is 0.187 e. The molecule has 0 saturated carbocycles. The Bertz CT molecular complexity index is 947. The number of carbonyl (C=O) groups is 1. The lowest BCUT2D eigenvalue weighted by Gasteiger charge is -2.30. The van der Waals surface area contributed by atoms with E-state index in [0.717, 1.165) is 48.9 Å². The van der Waals surface area contributed by atoms with Crippen LogP contribution in [0.3, 0.4) is 0 Å². The topological polar surface area (TPSA) is 25.2 Å². The molecule has 0 spiro atoms. The lowest BCUT2D eigenvalue weighted by molar-refractivity contribution is 0.104. The van der Waals surface area contributed by atoms with Gasteiger partial charge in [-0.05, 0) is 49.6 Å². The fourth-order valence-electron chi connectivity index (χ4n) is 4.00. The number of para-hydroxylation sites is 1. The molecule has 0 amide bonds. The number of aryl methyl sites for hydroxylation is 1. The first kappa shape index (κ1) is 17.7. The summed E-state index contributed by atoms with van der Waals surface area (Å²) in [5.41, 5.74) is 3.27. The number of rotatable bonds is 5. The van der Waals surface area contributed by atoms with Gasteiger partial charge in [0.25, 0.3) is 0 Å². The van der Waals surface area contributed by atoms with Gasteiger partial charge in [-0.3, -0.25) is 9.69 Å². The lowest BCUT2D eigenvalue weighted by atomic mass is 9.95. The molecule has 1 fully saturated rings. The van der Waals surface area contributed by atoms with Gasteiger partial charge in [0.1, 0.15) is 0 Å². The van der Waals surface area contributed by atoms with Crippen LogP contribution in [0.4, 0.5) is 0 Å². The number of benzene rings is 2. The first-order valence-electron chi connectivity index (χ1n) is 9.73. The van der Waals surface area contributed by atoms with Gasteiger partial charge >= 0.3 is 0 Å². The number of hydrogen-bond donors (Lipinski definition) is 0. The Morgan fingerprint density at radius 1 is 1.04 bits per heavy atom. The van der Waals surface area contributed by atoms with E-state index in [4.69, 9.17) is 0 Å². The van der Waals surface area contributed by atoms with Crippen molar-refractivity contribution in [2.75, 3.05) is 13.1 Å². The molecule has 0 radical (unpaired) electrons. The van der Waals surface area contributed by atoms with E-state index in [1.54, 1.807) is 6.08 Å². The van der Waals surface area contributed by atoms with Crippen LogP contribution in [0, 0.1) is 5.92 Å². The molecule has 1 aliphatic heterocycles. The van der Waals surface area contributed by atoms with Crippen molar-refractivity contribution < 1.29 is 4.79 Å². The Kier molecular flexibility index (Phi) is 5.21. The van der Waals surface area contributed by atoms with Gasteiger partial charge in [0, 0.05) is 36.3 Å². The van der Waals surface area contributed by atoms with Crippen molar-refractivity contribution in [3.8, 4) is 0 Å². The first-order valence-corrected chi connectivity index (χ1v) is 9.73. The van der Waals surface area contributed by atoms with E-state index >= 15 is 0 Å². The van der Waals surface area contributed by atoms with Gasteiger partial charge in [0.05, 0.1) is 0 Å². The van der Waals surface area contributed by atoms with Gasteiger partial charge in [0.15, 0.2) is 5.78 Å². The summed E-state index contributed by atoms with van der Waals surface area (Å²) in [7, 11) is 1.99. The molecule has 0 aliphatic carbocycles. The average Bonchev–Trinajstić information content (AvgIpc) is 3.05. The number of allylic oxidation sites excluding steroid dienone is 2. The van der Waals surface area contributed by atoms with Crippen molar-refractivity contribution in [3.05, 3.63) is 84.1 Å². The molecule has 138 valence electrons. The van der Waals surface area contributed by atoms with Crippen molar-refractivity contribution in [1.29, 1.82) is 0 Å². The maximum absolute atomic E-state index is 12.7.